The van der Waals surface area contributed by atoms with Gasteiger partial charge in [-0.3, -0.25) is 4.79 Å². The summed E-state index contributed by atoms with van der Waals surface area (Å²) >= 11 is 0. The lowest BCUT2D eigenvalue weighted by molar-refractivity contribution is -0.131. The fourth-order valence-electron chi connectivity index (χ4n) is 1.70. The van der Waals surface area contributed by atoms with Crippen molar-refractivity contribution in [1.82, 2.24) is 5.32 Å². The van der Waals surface area contributed by atoms with Crippen LogP contribution in [0.5, 0.6) is 0 Å². The maximum atomic E-state index is 11.6. The van der Waals surface area contributed by atoms with Crippen LogP contribution >= 0.6 is 0 Å². The van der Waals surface area contributed by atoms with Crippen LogP contribution in [0.3, 0.4) is 0 Å². The molecule has 0 aromatic heterocycles. The Morgan fingerprint density at radius 3 is 2.55 bits per heavy atom. The Labute approximate surface area is 118 Å². The third-order valence-corrected chi connectivity index (χ3v) is 2.80. The molecule has 0 spiro atoms. The highest BCUT2D eigenvalue weighted by Crippen LogP contribution is 2.06. The largest absolute Gasteiger partial charge is 0.478 e. The molecule has 1 amide bonds. The lowest BCUT2D eigenvalue weighted by Gasteiger charge is -2.16. The normalized spacial score (nSPS) is 13.9. The monoisotopic (exact) mass is 276 g/mol. The van der Waals surface area contributed by atoms with Crippen LogP contribution in [0.4, 0.5) is 0 Å². The van der Waals surface area contributed by atoms with Crippen molar-refractivity contribution in [2.45, 2.75) is 31.8 Å². The van der Waals surface area contributed by atoms with Crippen LogP contribution in [-0.2, 0) is 16.0 Å². The van der Waals surface area contributed by atoms with Crippen molar-refractivity contribution >= 4 is 11.9 Å². The van der Waals surface area contributed by atoms with Crippen molar-refractivity contribution in [3.63, 3.8) is 0 Å². The zero-order valence-corrected chi connectivity index (χ0v) is 11.5. The zero-order valence-electron chi connectivity index (χ0n) is 11.5. The predicted octanol–water partition coefficient (Wildman–Crippen LogP) is 1.09. The number of carboxylic acid groups (broad SMARTS) is 1. The van der Waals surface area contributed by atoms with Gasteiger partial charge >= 0.3 is 5.97 Å². The molecule has 1 aromatic carbocycles. The van der Waals surface area contributed by atoms with E-state index in [0.717, 1.165) is 18.1 Å². The van der Waals surface area contributed by atoms with Gasteiger partial charge in [-0.2, -0.15) is 0 Å². The van der Waals surface area contributed by atoms with Crippen LogP contribution in [0.2, 0.25) is 0 Å². The molecule has 0 heterocycles. The Hall–Kier alpha value is -2.14. The van der Waals surface area contributed by atoms with Crippen LogP contribution in [0.25, 0.3) is 0 Å². The predicted molar refractivity (Wildman–Crippen MR) is 77.1 cm³/mol. The van der Waals surface area contributed by atoms with Crippen LogP contribution in [0, 0.1) is 0 Å². The first kappa shape index (κ1) is 15.9. The molecule has 0 aliphatic carbocycles. The molecule has 1 rings (SSSR count). The second-order valence-electron chi connectivity index (χ2n) is 4.63. The number of rotatable bonds is 7. The fraction of sp³-hybridized carbons (Fsp3) is 0.333. The number of aliphatic carboxylic acids is 1. The van der Waals surface area contributed by atoms with Crippen LogP contribution in [-0.4, -0.2) is 29.1 Å². The summed E-state index contributed by atoms with van der Waals surface area (Å²) in [4.78, 5) is 22.2. The topological polar surface area (TPSA) is 92.4 Å². The maximum Gasteiger partial charge on any atom is 0.328 e. The SMILES string of the molecule is C[C@H](N)C(=O)N[C@H](/C=C/C(=O)O)CCc1ccccc1. The minimum atomic E-state index is -1.04. The molecule has 108 valence electrons. The molecule has 20 heavy (non-hydrogen) atoms. The Bertz CT molecular complexity index is 469. The number of carbonyl (C=O) groups is 2. The van der Waals surface area contributed by atoms with E-state index in [9.17, 15) is 9.59 Å². The minimum Gasteiger partial charge on any atom is -0.478 e. The van der Waals surface area contributed by atoms with Crippen molar-refractivity contribution in [2.75, 3.05) is 0 Å². The van der Waals surface area contributed by atoms with Gasteiger partial charge in [0.2, 0.25) is 5.91 Å². The van der Waals surface area contributed by atoms with E-state index in [0.29, 0.717) is 6.42 Å². The van der Waals surface area contributed by atoms with Gasteiger partial charge in [0, 0.05) is 12.1 Å². The third kappa shape index (κ3) is 6.15. The highest BCUT2D eigenvalue weighted by Gasteiger charge is 2.13. The molecule has 0 aliphatic heterocycles. The molecule has 0 saturated heterocycles. The summed E-state index contributed by atoms with van der Waals surface area (Å²) in [5.41, 5.74) is 6.63. The molecule has 5 heteroatoms. The maximum absolute atomic E-state index is 11.6. The molecule has 5 nitrogen and oxygen atoms in total. The second kappa shape index (κ2) is 8.12. The summed E-state index contributed by atoms with van der Waals surface area (Å²) in [5, 5.41) is 11.4. The van der Waals surface area contributed by atoms with Crippen molar-refractivity contribution in [3.8, 4) is 0 Å². The van der Waals surface area contributed by atoms with Gasteiger partial charge in [-0.05, 0) is 25.3 Å². The van der Waals surface area contributed by atoms with Gasteiger partial charge in [-0.1, -0.05) is 36.4 Å². The highest BCUT2D eigenvalue weighted by atomic mass is 16.4. The number of nitrogens with one attached hydrogen (secondary N) is 1. The van der Waals surface area contributed by atoms with Crippen molar-refractivity contribution in [2.24, 2.45) is 5.73 Å². The molecule has 0 fully saturated rings. The van der Waals surface area contributed by atoms with E-state index in [-0.39, 0.29) is 11.9 Å². The lowest BCUT2D eigenvalue weighted by Crippen LogP contribution is -2.43. The molecule has 0 unspecified atom stereocenters. The Morgan fingerprint density at radius 1 is 1.35 bits per heavy atom. The Morgan fingerprint density at radius 2 is 2.00 bits per heavy atom. The van der Waals surface area contributed by atoms with E-state index >= 15 is 0 Å². The first-order valence-corrected chi connectivity index (χ1v) is 6.50. The number of carboxylic acids is 1. The minimum absolute atomic E-state index is 0.293. The fourth-order valence-corrected chi connectivity index (χ4v) is 1.70. The lowest BCUT2D eigenvalue weighted by atomic mass is 10.0. The van der Waals surface area contributed by atoms with Crippen molar-refractivity contribution in [3.05, 3.63) is 48.0 Å². The molecule has 1 aromatic rings. The highest BCUT2D eigenvalue weighted by molar-refractivity contribution is 5.82. The van der Waals surface area contributed by atoms with E-state index in [1.54, 1.807) is 6.92 Å². The molecule has 0 bridgehead atoms. The number of hydrogen-bond donors (Lipinski definition) is 3. The molecule has 0 saturated carbocycles. The number of amides is 1. The zero-order chi connectivity index (χ0) is 15.0. The summed E-state index contributed by atoms with van der Waals surface area (Å²) in [6.45, 7) is 1.59. The van der Waals surface area contributed by atoms with Gasteiger partial charge in [0.05, 0.1) is 6.04 Å². The summed E-state index contributed by atoms with van der Waals surface area (Å²) in [6, 6.07) is 8.84. The average Bonchev–Trinajstić information content (AvgIpc) is 2.42. The Kier molecular flexibility index (Phi) is 6.46. The molecule has 2 atom stereocenters. The first-order chi connectivity index (χ1) is 9.49. The number of aryl methyl sites for hydroxylation is 1. The van der Waals surface area contributed by atoms with Crippen molar-refractivity contribution < 1.29 is 14.7 Å². The first-order valence-electron chi connectivity index (χ1n) is 6.50. The Balaban J connectivity index is 2.62. The molecular weight excluding hydrogens is 256 g/mol. The summed E-state index contributed by atoms with van der Waals surface area (Å²) < 4.78 is 0. The number of carbonyl (C=O) groups excluding carboxylic acids is 1. The number of hydrogen-bond acceptors (Lipinski definition) is 3. The van der Waals surface area contributed by atoms with Gasteiger partial charge in [0.1, 0.15) is 0 Å². The van der Waals surface area contributed by atoms with Gasteiger partial charge in [-0.15, -0.1) is 0 Å². The summed E-state index contributed by atoms with van der Waals surface area (Å²) in [5.74, 6) is -1.33. The molecular formula is C15H20N2O3. The van der Waals surface area contributed by atoms with E-state index in [1.807, 2.05) is 30.3 Å². The van der Waals surface area contributed by atoms with Gasteiger partial charge in [-0.25, -0.2) is 4.79 Å². The second-order valence-corrected chi connectivity index (χ2v) is 4.63. The van der Waals surface area contributed by atoms with E-state index < -0.39 is 12.0 Å². The van der Waals surface area contributed by atoms with E-state index in [4.69, 9.17) is 10.8 Å². The van der Waals surface area contributed by atoms with Crippen LogP contribution < -0.4 is 11.1 Å². The summed E-state index contributed by atoms with van der Waals surface area (Å²) in [7, 11) is 0. The van der Waals surface area contributed by atoms with Crippen LogP contribution in [0.1, 0.15) is 18.9 Å². The van der Waals surface area contributed by atoms with Gasteiger partial charge in [0.15, 0.2) is 0 Å². The van der Waals surface area contributed by atoms with Crippen molar-refractivity contribution in [1.29, 1.82) is 0 Å². The average molecular weight is 276 g/mol. The summed E-state index contributed by atoms with van der Waals surface area (Å²) in [6.07, 6.45) is 3.88. The number of benzene rings is 1. The van der Waals surface area contributed by atoms with Crippen LogP contribution in [0.15, 0.2) is 42.5 Å². The van der Waals surface area contributed by atoms with E-state index in [2.05, 4.69) is 5.32 Å². The molecule has 4 N–H and O–H groups in total. The standard InChI is InChI=1S/C15H20N2O3/c1-11(16)15(20)17-13(9-10-14(18)19)8-7-12-5-3-2-4-6-12/h2-6,9-11,13H,7-8,16H2,1H3,(H,17,20)(H,18,19)/b10-9+/t11-,13-/m0/s1. The van der Waals surface area contributed by atoms with Gasteiger partial charge < -0.3 is 16.2 Å². The third-order valence-electron chi connectivity index (χ3n) is 2.80. The molecule has 0 aliphatic rings. The molecule has 0 radical (unpaired) electrons. The smallest absolute Gasteiger partial charge is 0.328 e. The van der Waals surface area contributed by atoms with Gasteiger partial charge in [0.25, 0.3) is 0 Å². The van der Waals surface area contributed by atoms with E-state index in [1.165, 1.54) is 6.08 Å². The quantitative estimate of drug-likeness (QED) is 0.650. The number of nitrogens with two attached hydrogens (primary N) is 1.